The molecular formula is C24H31NO7S. The van der Waals surface area contributed by atoms with Crippen LogP contribution in [-0.2, 0) is 35.4 Å². The van der Waals surface area contributed by atoms with Gasteiger partial charge in [0.1, 0.15) is 12.6 Å². The van der Waals surface area contributed by atoms with E-state index in [1.165, 1.54) is 6.92 Å². The van der Waals surface area contributed by atoms with Gasteiger partial charge in [-0.25, -0.2) is 13.2 Å². The van der Waals surface area contributed by atoms with Crippen molar-refractivity contribution in [3.8, 4) is 0 Å². The second-order valence-electron chi connectivity index (χ2n) is 8.04. The molecule has 0 aliphatic heterocycles. The number of carbonyl (C=O) groups excluding carboxylic acids is 2. The maximum absolute atomic E-state index is 13.1. The van der Waals surface area contributed by atoms with E-state index in [0.717, 1.165) is 22.8 Å². The van der Waals surface area contributed by atoms with Crippen molar-refractivity contribution in [2.24, 2.45) is 5.92 Å². The first-order valence-electron chi connectivity index (χ1n) is 11.0. The van der Waals surface area contributed by atoms with E-state index >= 15 is 0 Å². The fourth-order valence-corrected chi connectivity index (χ4v) is 5.01. The molecule has 2 aromatic carbocycles. The molecule has 0 spiro atoms. The smallest absolute Gasteiger partial charge is 0.326 e. The number of benzene rings is 2. The molecule has 2 atom stereocenters. The zero-order valence-corrected chi connectivity index (χ0v) is 19.8. The van der Waals surface area contributed by atoms with Gasteiger partial charge in [-0.2, -0.15) is 0 Å². The molecule has 0 aliphatic carbocycles. The van der Waals surface area contributed by atoms with E-state index in [2.05, 4.69) is 5.32 Å². The van der Waals surface area contributed by atoms with E-state index in [0.29, 0.717) is 6.42 Å². The highest BCUT2D eigenvalue weighted by molar-refractivity contribution is 7.91. The maximum Gasteiger partial charge on any atom is 0.326 e. The number of rotatable bonds is 13. The van der Waals surface area contributed by atoms with Crippen molar-refractivity contribution in [2.75, 3.05) is 18.1 Å². The number of fused-ring (bicyclic) bond motifs is 1. The number of unbranched alkanes of at least 4 members (excludes halogenated alkanes) is 1. The molecule has 180 valence electrons. The number of aliphatic carboxylic acids is 1. The SMILES string of the molecule is CCCC[C@H](NC(=O)[C@H](Cc1cccc2ccccc12)CS(=O)(=O)CCOC(C)=O)C(=O)O. The largest absolute Gasteiger partial charge is 0.480 e. The number of carboxylic acid groups (broad SMARTS) is 1. The molecule has 0 bridgehead atoms. The van der Waals surface area contributed by atoms with Crippen LogP contribution >= 0.6 is 0 Å². The third-order valence-corrected chi connectivity index (χ3v) is 7.03. The molecule has 0 aliphatic rings. The number of carbonyl (C=O) groups is 3. The van der Waals surface area contributed by atoms with Gasteiger partial charge in [0.25, 0.3) is 0 Å². The lowest BCUT2D eigenvalue weighted by Crippen LogP contribution is -2.45. The highest BCUT2D eigenvalue weighted by Crippen LogP contribution is 2.22. The summed E-state index contributed by atoms with van der Waals surface area (Å²) in [5, 5.41) is 13.9. The fourth-order valence-electron chi connectivity index (χ4n) is 3.62. The van der Waals surface area contributed by atoms with Gasteiger partial charge < -0.3 is 15.2 Å². The van der Waals surface area contributed by atoms with Gasteiger partial charge in [-0.05, 0) is 29.2 Å². The zero-order chi connectivity index (χ0) is 24.4. The Bertz CT molecular complexity index is 1080. The Balaban J connectivity index is 2.29. The molecule has 0 aromatic heterocycles. The first-order valence-corrected chi connectivity index (χ1v) is 12.8. The van der Waals surface area contributed by atoms with Gasteiger partial charge in [-0.15, -0.1) is 0 Å². The first-order chi connectivity index (χ1) is 15.6. The van der Waals surface area contributed by atoms with Crippen molar-refractivity contribution in [1.29, 1.82) is 0 Å². The Morgan fingerprint density at radius 2 is 1.79 bits per heavy atom. The van der Waals surface area contributed by atoms with Gasteiger partial charge in [0, 0.05) is 6.92 Å². The minimum Gasteiger partial charge on any atom is -0.480 e. The van der Waals surface area contributed by atoms with Crippen molar-refractivity contribution < 1.29 is 32.6 Å². The maximum atomic E-state index is 13.1. The normalized spacial score (nSPS) is 13.3. The van der Waals surface area contributed by atoms with Gasteiger partial charge >= 0.3 is 11.9 Å². The van der Waals surface area contributed by atoms with E-state index in [9.17, 15) is 27.9 Å². The Morgan fingerprint density at radius 1 is 1.09 bits per heavy atom. The van der Waals surface area contributed by atoms with Crippen molar-refractivity contribution >= 4 is 38.5 Å². The molecule has 0 unspecified atom stereocenters. The molecule has 2 rings (SSSR count). The Labute approximate surface area is 194 Å². The van der Waals surface area contributed by atoms with Crippen LogP contribution < -0.4 is 5.32 Å². The van der Waals surface area contributed by atoms with Crippen molar-refractivity contribution in [2.45, 2.75) is 45.6 Å². The number of amides is 1. The molecule has 0 radical (unpaired) electrons. The highest BCUT2D eigenvalue weighted by atomic mass is 32.2. The number of sulfone groups is 1. The van der Waals surface area contributed by atoms with Crippen LogP contribution in [0.1, 0.15) is 38.7 Å². The van der Waals surface area contributed by atoms with Crippen LogP contribution in [0.3, 0.4) is 0 Å². The predicted molar refractivity (Wildman–Crippen MR) is 126 cm³/mol. The van der Waals surface area contributed by atoms with E-state index in [1.807, 2.05) is 49.4 Å². The number of carboxylic acids is 1. The third-order valence-electron chi connectivity index (χ3n) is 5.33. The van der Waals surface area contributed by atoms with Crippen LogP contribution in [-0.4, -0.2) is 55.5 Å². The number of hydrogen-bond acceptors (Lipinski definition) is 6. The summed E-state index contributed by atoms with van der Waals surface area (Å²) in [5.41, 5.74) is 0.795. The summed E-state index contributed by atoms with van der Waals surface area (Å²) in [7, 11) is -3.75. The summed E-state index contributed by atoms with van der Waals surface area (Å²) >= 11 is 0. The van der Waals surface area contributed by atoms with Crippen LogP contribution in [0.2, 0.25) is 0 Å². The van der Waals surface area contributed by atoms with Gasteiger partial charge in [-0.1, -0.05) is 62.2 Å². The molecule has 0 heterocycles. The molecule has 33 heavy (non-hydrogen) atoms. The second-order valence-corrected chi connectivity index (χ2v) is 10.3. The Hall–Kier alpha value is -2.94. The standard InChI is InChI=1S/C24H31NO7S/c1-3-4-12-22(24(28)29)25-23(27)20(16-33(30,31)14-13-32-17(2)26)15-19-10-7-9-18-8-5-6-11-21(18)19/h5-11,20,22H,3-4,12-16H2,1-2H3,(H,25,27)(H,28,29)/t20-,22+/m1/s1. The van der Waals surface area contributed by atoms with E-state index in [4.69, 9.17) is 4.74 Å². The van der Waals surface area contributed by atoms with Crippen molar-refractivity contribution in [3.05, 3.63) is 48.0 Å². The lowest BCUT2D eigenvalue weighted by molar-refractivity contribution is -0.142. The number of hydrogen-bond donors (Lipinski definition) is 2. The summed E-state index contributed by atoms with van der Waals surface area (Å²) in [6.07, 6.45) is 1.77. The van der Waals surface area contributed by atoms with Crippen LogP contribution in [0.4, 0.5) is 0 Å². The van der Waals surface area contributed by atoms with E-state index in [-0.39, 0.29) is 19.4 Å². The molecule has 1 amide bonds. The average molecular weight is 478 g/mol. The van der Waals surface area contributed by atoms with E-state index < -0.39 is 51.1 Å². The summed E-state index contributed by atoms with van der Waals surface area (Å²) in [6, 6.07) is 12.1. The molecule has 9 heteroatoms. The monoisotopic (exact) mass is 477 g/mol. The van der Waals surface area contributed by atoms with Crippen LogP contribution in [0.15, 0.2) is 42.5 Å². The lowest BCUT2D eigenvalue weighted by atomic mass is 9.95. The van der Waals surface area contributed by atoms with Crippen molar-refractivity contribution in [3.63, 3.8) is 0 Å². The predicted octanol–water partition coefficient (Wildman–Crippen LogP) is 2.74. The molecule has 0 saturated carbocycles. The highest BCUT2D eigenvalue weighted by Gasteiger charge is 2.29. The summed E-state index contributed by atoms with van der Waals surface area (Å²) in [6.45, 7) is 2.81. The Morgan fingerprint density at radius 3 is 2.45 bits per heavy atom. The van der Waals surface area contributed by atoms with Gasteiger partial charge in [0.05, 0.1) is 17.4 Å². The summed E-state index contributed by atoms with van der Waals surface area (Å²) in [5.74, 6) is -4.26. The summed E-state index contributed by atoms with van der Waals surface area (Å²) in [4.78, 5) is 35.7. The topological polar surface area (TPSA) is 127 Å². The molecule has 2 N–H and O–H groups in total. The minimum absolute atomic E-state index is 0.125. The molecule has 0 saturated heterocycles. The fraction of sp³-hybridized carbons (Fsp3) is 0.458. The minimum atomic E-state index is -3.75. The Kier molecular flexibility index (Phi) is 9.84. The number of nitrogens with one attached hydrogen (secondary N) is 1. The van der Waals surface area contributed by atoms with Crippen LogP contribution in [0.25, 0.3) is 10.8 Å². The molecular weight excluding hydrogens is 446 g/mol. The number of ether oxygens (including phenoxy) is 1. The third kappa shape index (κ3) is 8.49. The van der Waals surface area contributed by atoms with Crippen molar-refractivity contribution in [1.82, 2.24) is 5.32 Å². The van der Waals surface area contributed by atoms with Crippen LogP contribution in [0, 0.1) is 5.92 Å². The lowest BCUT2D eigenvalue weighted by Gasteiger charge is -2.21. The van der Waals surface area contributed by atoms with Gasteiger partial charge in [-0.3, -0.25) is 9.59 Å². The molecule has 0 fully saturated rings. The summed E-state index contributed by atoms with van der Waals surface area (Å²) < 4.78 is 30.1. The van der Waals surface area contributed by atoms with Gasteiger partial charge in [0.15, 0.2) is 9.84 Å². The average Bonchev–Trinajstić information content (AvgIpc) is 2.75. The van der Waals surface area contributed by atoms with Gasteiger partial charge in [0.2, 0.25) is 5.91 Å². The number of esters is 1. The quantitative estimate of drug-likeness (QED) is 0.425. The van der Waals surface area contributed by atoms with Crippen LogP contribution in [0.5, 0.6) is 0 Å². The first kappa shape index (κ1) is 26.3. The second kappa shape index (κ2) is 12.3. The molecule has 8 nitrogen and oxygen atoms in total. The van der Waals surface area contributed by atoms with E-state index in [1.54, 1.807) is 0 Å². The molecule has 2 aromatic rings. The zero-order valence-electron chi connectivity index (χ0n) is 19.0.